The summed E-state index contributed by atoms with van der Waals surface area (Å²) in [6.45, 7) is 32.8. The normalized spacial score (nSPS) is 34.9. The zero-order chi connectivity index (χ0) is 86.3. The fraction of sp³-hybridized carbons (Fsp3) is 0.571. The topological polar surface area (TPSA) is 380 Å². The van der Waals surface area contributed by atoms with Crippen LogP contribution in [0.4, 0.5) is 4.79 Å². The fourth-order valence-corrected chi connectivity index (χ4v) is 21.4. The third-order valence-corrected chi connectivity index (χ3v) is 27.0. The van der Waals surface area contributed by atoms with Crippen molar-refractivity contribution in [2.75, 3.05) is 13.2 Å². The zero-order valence-electron chi connectivity index (χ0n) is 70.2. The van der Waals surface area contributed by atoms with Gasteiger partial charge in [0.05, 0.1) is 72.0 Å². The summed E-state index contributed by atoms with van der Waals surface area (Å²) in [7, 11) is 0. The smallest absolute Gasteiger partial charge is 0.407 e. The second-order valence-electron chi connectivity index (χ2n) is 36.4. The highest BCUT2D eigenvalue weighted by atomic mass is 16.7. The number of aliphatic hydroxyl groups is 5. The number of rotatable bonds is 19. The Hall–Kier alpha value is -9.03. The number of esters is 6. The molecule has 9 aliphatic rings. The van der Waals surface area contributed by atoms with Crippen LogP contribution in [0.25, 0.3) is 0 Å². The number of hydrogen-bond donors (Lipinski definition) is 7. The van der Waals surface area contributed by atoms with Crippen molar-refractivity contribution in [3.8, 4) is 0 Å². The molecule has 4 aromatic rings. The highest BCUT2D eigenvalue weighted by molar-refractivity contribution is 5.95. The number of ether oxygens (including phenoxy) is 11. The van der Waals surface area contributed by atoms with Gasteiger partial charge in [0.25, 0.3) is 5.91 Å². The molecule has 0 spiro atoms. The number of aliphatic hydroxyl groups excluding tert-OH is 3. The van der Waals surface area contributed by atoms with Gasteiger partial charge in [-0.3, -0.25) is 19.2 Å². The van der Waals surface area contributed by atoms with E-state index in [2.05, 4.69) is 17.2 Å². The second kappa shape index (κ2) is 32.8. The van der Waals surface area contributed by atoms with E-state index in [9.17, 15) is 63.9 Å². The maximum atomic E-state index is 15.1. The molecule has 27 nitrogen and oxygen atoms in total. The van der Waals surface area contributed by atoms with E-state index >= 15 is 4.79 Å². The van der Waals surface area contributed by atoms with Crippen molar-refractivity contribution < 1.29 is 121 Å². The van der Waals surface area contributed by atoms with E-state index in [1.54, 1.807) is 171 Å². The molecule has 7 fully saturated rings. The van der Waals surface area contributed by atoms with Crippen LogP contribution in [0.5, 0.6) is 0 Å². The number of alkyl carbamates (subject to hydrolysis) is 1. The molecule has 7 N–H and O–H groups in total. The molecule has 638 valence electrons. The Labute approximate surface area is 688 Å². The molecule has 4 bridgehead atoms. The van der Waals surface area contributed by atoms with Crippen LogP contribution in [0, 0.1) is 51.2 Å². The molecule has 4 saturated carbocycles. The monoisotopic (exact) mass is 1630 g/mol. The van der Waals surface area contributed by atoms with Crippen molar-refractivity contribution in [3.05, 3.63) is 179 Å². The van der Waals surface area contributed by atoms with Crippen molar-refractivity contribution in [1.29, 1.82) is 0 Å². The van der Waals surface area contributed by atoms with Gasteiger partial charge in [0.1, 0.15) is 59.2 Å². The van der Waals surface area contributed by atoms with Crippen LogP contribution >= 0.6 is 0 Å². The van der Waals surface area contributed by atoms with E-state index in [4.69, 9.17) is 52.1 Å². The van der Waals surface area contributed by atoms with Crippen LogP contribution in [0.15, 0.2) is 156 Å². The first-order valence-electron chi connectivity index (χ1n) is 40.6. The minimum atomic E-state index is -2.17. The van der Waals surface area contributed by atoms with E-state index in [1.165, 1.54) is 26.0 Å². The minimum Gasteiger partial charge on any atom is -0.456 e. The number of ketones is 1. The summed E-state index contributed by atoms with van der Waals surface area (Å²) in [6, 6.07) is 31.2. The van der Waals surface area contributed by atoms with Crippen molar-refractivity contribution in [3.63, 3.8) is 0 Å². The van der Waals surface area contributed by atoms with Crippen LogP contribution in [-0.4, -0.2) is 200 Å². The molecule has 3 aliphatic heterocycles. The van der Waals surface area contributed by atoms with Gasteiger partial charge >= 0.3 is 41.9 Å². The minimum absolute atomic E-state index is 0.0476. The zero-order valence-corrected chi connectivity index (χ0v) is 70.2. The summed E-state index contributed by atoms with van der Waals surface area (Å²) < 4.78 is 68.7. The lowest BCUT2D eigenvalue weighted by Crippen LogP contribution is -2.83. The molecule has 24 atom stereocenters. The molecule has 13 rings (SSSR count). The summed E-state index contributed by atoms with van der Waals surface area (Å²) in [5.74, 6) is -9.90. The largest absolute Gasteiger partial charge is 0.456 e. The molecule has 2 amide bonds. The molecule has 0 aromatic heterocycles. The molecule has 1 unspecified atom stereocenters. The van der Waals surface area contributed by atoms with Gasteiger partial charge in [-0.2, -0.15) is 0 Å². The lowest BCUT2D eigenvalue weighted by molar-refractivity contribution is -0.403. The van der Waals surface area contributed by atoms with E-state index in [-0.39, 0.29) is 55.9 Å². The molecular weight excluding hydrogens is 1520 g/mol. The maximum absolute atomic E-state index is 15.1. The van der Waals surface area contributed by atoms with Gasteiger partial charge in [0.2, 0.25) is 0 Å². The maximum Gasteiger partial charge on any atom is 0.407 e. The number of benzene rings is 4. The number of Topliss-reactive ketones (excluding diaryl/α,β-unsaturated/α-hetero) is 1. The summed E-state index contributed by atoms with van der Waals surface area (Å²) in [6.07, 6.45) is -13.9. The molecule has 4 aromatic carbocycles. The summed E-state index contributed by atoms with van der Waals surface area (Å²) in [5, 5.41) is 68.0. The van der Waals surface area contributed by atoms with Crippen molar-refractivity contribution in [2.24, 2.45) is 51.2 Å². The van der Waals surface area contributed by atoms with Crippen molar-refractivity contribution >= 4 is 53.6 Å². The number of nitrogens with one attached hydrogen (secondary N) is 2. The van der Waals surface area contributed by atoms with Crippen molar-refractivity contribution in [2.45, 2.75) is 263 Å². The Bertz CT molecular complexity index is 4560. The first-order chi connectivity index (χ1) is 55.3. The number of carbonyl (C=O) groups is 9. The quantitative estimate of drug-likeness (QED) is 0.0261. The second-order valence-corrected chi connectivity index (χ2v) is 36.4. The van der Waals surface area contributed by atoms with Gasteiger partial charge in [-0.15, -0.1) is 0 Å². The van der Waals surface area contributed by atoms with Crippen LogP contribution in [0.1, 0.15) is 192 Å². The van der Waals surface area contributed by atoms with Gasteiger partial charge in [0, 0.05) is 73.2 Å². The lowest BCUT2D eigenvalue weighted by atomic mass is 9.43. The summed E-state index contributed by atoms with van der Waals surface area (Å²) in [4.78, 5) is 124. The predicted octanol–water partition coefficient (Wildman–Crippen LogP) is 10.0. The molecule has 0 radical (unpaired) electrons. The standard InChI is InChI=1S/C49H55NO12.C42H59NO13/c1-8-36-59-34-24-35-48(26-57-35,62-29(4)51)40-42(61-44(54)32-22-16-11-17-23-32)49(56)25-33(27(2)37(46(49,5)6)28(3)41(60-36)47(34,40)7)58-45(55)39(52)38(30-18-12-9-13-19-30)50-43(53)31-20-14-10-15-21-31;1-21(2)17-26(43-37(50)56-38(6,7)8)31(46)36(49)53-27-19-42(51)34(54-35(48)25-15-13-12-14-16-25)32-40(11,33(47)23(4)30(22(27)3)39(42,9)10)28(45)18-29-41(32,20-52-29)55-24(5)44/h8-23,28,33-36,38-42,52,56H,1,24-26H2,2-7H3,(H,50,53);12-16,21,23,26-29,31-32,34,45-46,51H,17-20H2,1-11H3,(H,43,50)/t28-,33-,34-,35+,36?,38-,39+,40-,41-,42-,47+,48-,49+;23-,26+,27+,28+,29-,31+,32+,34+,40-,41+,42-/m01/s1. The Morgan fingerprint density at radius 1 is 0.602 bits per heavy atom. The molecule has 118 heavy (non-hydrogen) atoms. The number of hydrogen-bond acceptors (Lipinski definition) is 25. The Balaban J connectivity index is 0.000000218. The third kappa shape index (κ3) is 15.3. The lowest BCUT2D eigenvalue weighted by Gasteiger charge is -2.71. The highest BCUT2D eigenvalue weighted by Gasteiger charge is 2.81. The van der Waals surface area contributed by atoms with Gasteiger partial charge < -0.3 is 88.3 Å². The molecule has 6 aliphatic carbocycles. The average molecular weight is 1640 g/mol. The van der Waals surface area contributed by atoms with E-state index in [0.717, 1.165) is 0 Å². The van der Waals surface area contributed by atoms with Gasteiger partial charge in [0.15, 0.2) is 29.7 Å². The van der Waals surface area contributed by atoms with Crippen LogP contribution in [0.3, 0.4) is 0 Å². The van der Waals surface area contributed by atoms with Crippen LogP contribution in [-0.2, 0) is 76.1 Å². The molecular formula is C91H114N2O25. The van der Waals surface area contributed by atoms with Gasteiger partial charge in [-0.1, -0.05) is 159 Å². The Kier molecular flexibility index (Phi) is 24.6. The Morgan fingerprint density at radius 3 is 1.52 bits per heavy atom. The summed E-state index contributed by atoms with van der Waals surface area (Å²) in [5.41, 5.74) is -10.2. The van der Waals surface area contributed by atoms with Gasteiger partial charge in [-0.25, -0.2) is 24.0 Å². The molecule has 3 saturated heterocycles. The average Bonchev–Trinajstić information content (AvgIpc) is 0.668. The number of amides is 2. The SMILES string of the molecule is C=CC1O[C@H]2C[C@H]3OC[C@@]3(OC(C)=O)[C@H]3[C@H](OC(=O)c4ccccc4)[C@]4(O)C[C@H](OC(=O)[C@H](O)[C@@H](NC(=O)c5ccccc5)c5ccccc5)C(C)=C([C@H](C)[C@H](O1)[C@]23C)C4(C)C.CC(=O)O[C@@]12CO[C@@H]1C[C@H](O)[C@@]1(C)C(=O)[C@H](C)C3=C(C)[C@@H](OC(=O)[C@@H](O)[C@H](CC(C)C)NC(=O)OC(C)(C)C)C[C@@](O)([C@@H](OC(=O)c4ccccc4)[C@H]21)C3(C)C. The first-order valence-corrected chi connectivity index (χ1v) is 40.6. The number of carbonyl (C=O) groups excluding carboxylic acids is 9. The van der Waals surface area contributed by atoms with Crippen molar-refractivity contribution in [1.82, 2.24) is 10.6 Å². The fourth-order valence-electron chi connectivity index (χ4n) is 21.4. The summed E-state index contributed by atoms with van der Waals surface area (Å²) >= 11 is 0. The van der Waals surface area contributed by atoms with E-state index in [0.29, 0.717) is 39.8 Å². The number of fused-ring (bicyclic) bond motifs is 9. The van der Waals surface area contributed by atoms with Gasteiger partial charge in [-0.05, 0) is 119 Å². The van der Waals surface area contributed by atoms with E-state index < -0.39 is 212 Å². The Morgan fingerprint density at radius 2 is 1.05 bits per heavy atom. The van der Waals surface area contributed by atoms with Crippen LogP contribution < -0.4 is 10.6 Å². The molecule has 27 heteroatoms. The third-order valence-electron chi connectivity index (χ3n) is 27.0. The van der Waals surface area contributed by atoms with E-state index in [1.807, 2.05) is 48.5 Å². The highest BCUT2D eigenvalue weighted by Crippen LogP contribution is 2.69. The molecule has 3 heterocycles. The predicted molar refractivity (Wildman–Crippen MR) is 425 cm³/mol. The van der Waals surface area contributed by atoms with Crippen LogP contribution in [0.2, 0.25) is 0 Å². The first kappa shape index (κ1) is 88.3.